The molecular weight excluding hydrogens is 214 g/mol. The lowest BCUT2D eigenvalue weighted by Gasteiger charge is -2.17. The van der Waals surface area contributed by atoms with Crippen LogP contribution < -0.4 is 17.0 Å². The molecule has 1 aliphatic heterocycles. The average Bonchev–Trinajstić information content (AvgIpc) is 2.60. The predicted molar refractivity (Wildman–Crippen MR) is 54.9 cm³/mol. The first-order chi connectivity index (χ1) is 7.61. The van der Waals surface area contributed by atoms with Gasteiger partial charge in [-0.1, -0.05) is 0 Å². The van der Waals surface area contributed by atoms with E-state index in [0.717, 1.165) is 0 Å². The number of rotatable bonds is 2. The van der Waals surface area contributed by atoms with Gasteiger partial charge < -0.3 is 15.6 Å². The zero-order valence-electron chi connectivity index (χ0n) is 8.50. The Hall–Kier alpha value is -1.44. The van der Waals surface area contributed by atoms with E-state index in [0.29, 0.717) is 6.42 Å². The van der Waals surface area contributed by atoms with E-state index in [1.807, 2.05) is 0 Å². The summed E-state index contributed by atoms with van der Waals surface area (Å²) in [5.74, 6) is 0. The number of hydrogen-bond donors (Lipinski definition) is 3. The first kappa shape index (κ1) is 11.1. The maximum Gasteiger partial charge on any atom is 0.330 e. The fraction of sp³-hybridized carbons (Fsp3) is 0.556. The Bertz CT molecular complexity index is 480. The summed E-state index contributed by atoms with van der Waals surface area (Å²) in [4.78, 5) is 24.5. The van der Waals surface area contributed by atoms with Crippen LogP contribution in [0.2, 0.25) is 0 Å². The Morgan fingerprint density at radius 1 is 1.62 bits per heavy atom. The highest BCUT2D eigenvalue weighted by Crippen LogP contribution is 2.25. The van der Waals surface area contributed by atoms with E-state index in [2.05, 4.69) is 4.98 Å². The molecule has 2 rings (SSSR count). The molecule has 7 nitrogen and oxygen atoms in total. The second-order valence-corrected chi connectivity index (χ2v) is 3.75. The predicted octanol–water partition coefficient (Wildman–Crippen LogP) is -1.86. The highest BCUT2D eigenvalue weighted by molar-refractivity contribution is 4.90. The van der Waals surface area contributed by atoms with Gasteiger partial charge in [0.15, 0.2) is 6.23 Å². The van der Waals surface area contributed by atoms with Gasteiger partial charge in [0.05, 0.1) is 18.8 Å². The number of ether oxygens (including phenoxy) is 1. The average molecular weight is 227 g/mol. The van der Waals surface area contributed by atoms with E-state index in [4.69, 9.17) is 15.6 Å². The van der Waals surface area contributed by atoms with Crippen molar-refractivity contribution >= 4 is 0 Å². The molecule has 0 bridgehead atoms. The van der Waals surface area contributed by atoms with E-state index in [1.54, 1.807) is 0 Å². The van der Waals surface area contributed by atoms with Crippen molar-refractivity contribution in [2.75, 3.05) is 6.61 Å². The van der Waals surface area contributed by atoms with Crippen LogP contribution in [0.5, 0.6) is 0 Å². The lowest BCUT2D eigenvalue weighted by atomic mass is 10.2. The minimum Gasteiger partial charge on any atom is -0.394 e. The molecule has 0 amide bonds. The Morgan fingerprint density at radius 2 is 2.38 bits per heavy atom. The van der Waals surface area contributed by atoms with E-state index >= 15 is 0 Å². The summed E-state index contributed by atoms with van der Waals surface area (Å²) in [6.07, 6.45) is 0.818. The number of nitrogens with zero attached hydrogens (tertiary/aromatic N) is 1. The maximum absolute atomic E-state index is 11.5. The molecule has 3 unspecified atom stereocenters. The molecular formula is C9H13N3O4. The minimum atomic E-state index is -0.638. The molecule has 3 atom stereocenters. The molecule has 16 heavy (non-hydrogen) atoms. The minimum absolute atomic E-state index is 0.137. The third-order valence-corrected chi connectivity index (χ3v) is 2.56. The molecule has 0 aromatic carbocycles. The van der Waals surface area contributed by atoms with Gasteiger partial charge in [0.2, 0.25) is 0 Å². The third kappa shape index (κ3) is 1.92. The van der Waals surface area contributed by atoms with Gasteiger partial charge >= 0.3 is 5.69 Å². The SMILES string of the molecule is NC1CC(CO)OC1n1ccc(=O)[nH]c1=O. The second kappa shape index (κ2) is 4.20. The summed E-state index contributed by atoms with van der Waals surface area (Å²) >= 11 is 0. The van der Waals surface area contributed by atoms with Gasteiger partial charge in [0.25, 0.3) is 5.56 Å². The van der Waals surface area contributed by atoms with Crippen LogP contribution in [0.4, 0.5) is 0 Å². The van der Waals surface area contributed by atoms with Crippen molar-refractivity contribution in [3.63, 3.8) is 0 Å². The molecule has 2 heterocycles. The number of H-pyrrole nitrogens is 1. The number of hydrogen-bond acceptors (Lipinski definition) is 5. The summed E-state index contributed by atoms with van der Waals surface area (Å²) in [6.45, 7) is -0.137. The molecule has 1 saturated heterocycles. The van der Waals surface area contributed by atoms with Crippen molar-refractivity contribution in [3.8, 4) is 0 Å². The van der Waals surface area contributed by atoms with Gasteiger partial charge in [0.1, 0.15) is 0 Å². The molecule has 0 saturated carbocycles. The topological polar surface area (TPSA) is 110 Å². The van der Waals surface area contributed by atoms with Crippen LogP contribution in [-0.2, 0) is 4.74 Å². The van der Waals surface area contributed by atoms with Gasteiger partial charge in [-0.15, -0.1) is 0 Å². The monoisotopic (exact) mass is 227 g/mol. The number of aromatic amines is 1. The van der Waals surface area contributed by atoms with Crippen LogP contribution in [0.1, 0.15) is 12.6 Å². The smallest absolute Gasteiger partial charge is 0.330 e. The molecule has 4 N–H and O–H groups in total. The number of aromatic nitrogens is 2. The molecule has 0 spiro atoms. The number of aliphatic hydroxyl groups excluding tert-OH is 1. The van der Waals surface area contributed by atoms with Crippen molar-refractivity contribution in [1.82, 2.24) is 9.55 Å². The molecule has 88 valence electrons. The molecule has 1 aromatic rings. The summed E-state index contributed by atoms with van der Waals surface area (Å²) in [7, 11) is 0. The summed E-state index contributed by atoms with van der Waals surface area (Å²) in [6, 6.07) is 0.852. The van der Waals surface area contributed by atoms with Gasteiger partial charge in [-0.25, -0.2) is 4.79 Å². The molecule has 0 radical (unpaired) electrons. The first-order valence-corrected chi connectivity index (χ1v) is 4.95. The lowest BCUT2D eigenvalue weighted by Crippen LogP contribution is -2.37. The van der Waals surface area contributed by atoms with E-state index in [-0.39, 0.29) is 18.8 Å². The highest BCUT2D eigenvalue weighted by Gasteiger charge is 2.33. The van der Waals surface area contributed by atoms with E-state index < -0.39 is 17.5 Å². The zero-order valence-corrected chi connectivity index (χ0v) is 8.50. The van der Waals surface area contributed by atoms with Gasteiger partial charge in [-0.3, -0.25) is 14.3 Å². The van der Waals surface area contributed by atoms with Crippen LogP contribution in [0.25, 0.3) is 0 Å². The van der Waals surface area contributed by atoms with Crippen LogP contribution in [0.3, 0.4) is 0 Å². The number of aliphatic hydroxyl groups is 1. The van der Waals surface area contributed by atoms with Crippen molar-refractivity contribution in [3.05, 3.63) is 33.1 Å². The fourth-order valence-corrected chi connectivity index (χ4v) is 1.79. The van der Waals surface area contributed by atoms with Gasteiger partial charge in [-0.05, 0) is 6.42 Å². The molecule has 0 aliphatic carbocycles. The van der Waals surface area contributed by atoms with Gasteiger partial charge in [-0.2, -0.15) is 0 Å². The zero-order chi connectivity index (χ0) is 11.7. The quantitative estimate of drug-likeness (QED) is 0.549. The van der Waals surface area contributed by atoms with E-state index in [1.165, 1.54) is 16.8 Å². The largest absolute Gasteiger partial charge is 0.394 e. The van der Waals surface area contributed by atoms with Crippen molar-refractivity contribution in [2.45, 2.75) is 24.8 Å². The normalized spacial score (nSPS) is 29.5. The number of nitrogens with one attached hydrogen (secondary N) is 1. The molecule has 1 aromatic heterocycles. The van der Waals surface area contributed by atoms with Gasteiger partial charge in [0, 0.05) is 12.3 Å². The Balaban J connectivity index is 2.31. The lowest BCUT2D eigenvalue weighted by molar-refractivity contribution is -0.0279. The Labute approximate surface area is 90.5 Å². The van der Waals surface area contributed by atoms with Crippen molar-refractivity contribution < 1.29 is 9.84 Å². The maximum atomic E-state index is 11.5. The van der Waals surface area contributed by atoms with Crippen molar-refractivity contribution in [2.24, 2.45) is 5.73 Å². The van der Waals surface area contributed by atoms with Crippen LogP contribution in [-0.4, -0.2) is 33.4 Å². The second-order valence-electron chi connectivity index (χ2n) is 3.75. The van der Waals surface area contributed by atoms with E-state index in [9.17, 15) is 9.59 Å². The molecule has 7 heteroatoms. The number of nitrogens with two attached hydrogens (primary N) is 1. The summed E-state index contributed by atoms with van der Waals surface area (Å²) < 4.78 is 6.62. The Kier molecular flexibility index (Phi) is 2.90. The van der Waals surface area contributed by atoms with Crippen LogP contribution in [0, 0.1) is 0 Å². The summed E-state index contributed by atoms with van der Waals surface area (Å²) in [5, 5.41) is 8.94. The van der Waals surface area contributed by atoms with Crippen LogP contribution >= 0.6 is 0 Å². The standard InChI is InChI=1S/C9H13N3O4/c10-6-3-5(4-13)16-8(6)12-2-1-7(14)11-9(12)15/h1-2,5-6,8,13H,3-4,10H2,(H,11,14,15). The first-order valence-electron chi connectivity index (χ1n) is 4.95. The molecule has 1 aliphatic rings. The van der Waals surface area contributed by atoms with Crippen LogP contribution in [0.15, 0.2) is 21.9 Å². The van der Waals surface area contributed by atoms with Crippen molar-refractivity contribution in [1.29, 1.82) is 0 Å². The Morgan fingerprint density at radius 3 is 2.94 bits per heavy atom. The third-order valence-electron chi connectivity index (χ3n) is 2.56. The highest BCUT2D eigenvalue weighted by atomic mass is 16.5. The fourth-order valence-electron chi connectivity index (χ4n) is 1.79. The summed E-state index contributed by atoms with van der Waals surface area (Å²) in [5.41, 5.74) is 4.77. The molecule has 1 fully saturated rings.